The van der Waals surface area contributed by atoms with Crippen molar-refractivity contribution in [3.63, 3.8) is 0 Å². The van der Waals surface area contributed by atoms with Gasteiger partial charge in [-0.2, -0.15) is 0 Å². The molecule has 0 aliphatic rings. The summed E-state index contributed by atoms with van der Waals surface area (Å²) in [5, 5.41) is 0.882. The molecule has 3 nitrogen and oxygen atoms in total. The second kappa shape index (κ2) is 6.52. The minimum Gasteiger partial charge on any atom is -0.397 e. The smallest absolute Gasteiger partial charge is 0.206 e. The van der Waals surface area contributed by atoms with Gasteiger partial charge in [0.1, 0.15) is 5.82 Å². The molecule has 0 atom stereocenters. The number of carbonyl (C=O) groups is 1. The zero-order valence-corrected chi connectivity index (χ0v) is 14.9. The first-order valence-corrected chi connectivity index (χ1v) is 8.96. The van der Waals surface area contributed by atoms with E-state index in [-0.39, 0.29) is 16.4 Å². The van der Waals surface area contributed by atoms with E-state index in [2.05, 4.69) is 4.98 Å². The van der Waals surface area contributed by atoms with Crippen LogP contribution in [0.5, 0.6) is 0 Å². The van der Waals surface area contributed by atoms with E-state index in [0.717, 1.165) is 27.3 Å². The van der Waals surface area contributed by atoms with E-state index in [4.69, 9.17) is 17.3 Å². The summed E-state index contributed by atoms with van der Waals surface area (Å²) in [7, 11) is 0. The maximum Gasteiger partial charge on any atom is 0.206 e. The molecule has 6 heteroatoms. The highest BCUT2D eigenvalue weighted by atomic mass is 35.5. The second-order valence-corrected chi connectivity index (χ2v) is 7.21. The number of rotatable bonds is 3. The van der Waals surface area contributed by atoms with Crippen molar-refractivity contribution in [3.05, 3.63) is 82.2 Å². The van der Waals surface area contributed by atoms with E-state index >= 15 is 0 Å². The average molecular weight is 383 g/mol. The van der Waals surface area contributed by atoms with Crippen LogP contribution in [0.25, 0.3) is 21.2 Å². The Morgan fingerprint density at radius 3 is 2.69 bits per heavy atom. The molecular weight excluding hydrogens is 371 g/mol. The number of aromatic nitrogens is 1. The number of hydrogen-bond donors (Lipinski definition) is 1. The van der Waals surface area contributed by atoms with Crippen molar-refractivity contribution >= 4 is 44.5 Å². The molecule has 0 spiro atoms. The van der Waals surface area contributed by atoms with Crippen molar-refractivity contribution in [1.29, 1.82) is 0 Å². The van der Waals surface area contributed by atoms with Crippen LogP contribution in [0.2, 0.25) is 5.02 Å². The quantitative estimate of drug-likeness (QED) is 0.471. The average Bonchev–Trinajstić information content (AvgIpc) is 2.98. The molecule has 0 saturated carbocycles. The van der Waals surface area contributed by atoms with Crippen LogP contribution in [0.1, 0.15) is 15.2 Å². The molecule has 0 radical (unpaired) electrons. The Bertz CT molecular complexity index is 1140. The number of nitrogen functional groups attached to an aromatic ring is 1. The summed E-state index contributed by atoms with van der Waals surface area (Å²) in [6.45, 7) is 0. The number of hydrogen-bond acceptors (Lipinski definition) is 4. The largest absolute Gasteiger partial charge is 0.397 e. The van der Waals surface area contributed by atoms with Gasteiger partial charge in [-0.1, -0.05) is 29.8 Å². The number of pyridine rings is 1. The summed E-state index contributed by atoms with van der Waals surface area (Å²) in [6.07, 6.45) is 3.50. The van der Waals surface area contributed by atoms with E-state index in [1.165, 1.54) is 23.5 Å². The molecule has 0 bridgehead atoms. The van der Waals surface area contributed by atoms with Gasteiger partial charge in [0, 0.05) is 33.6 Å². The maximum absolute atomic E-state index is 13.2. The van der Waals surface area contributed by atoms with Crippen molar-refractivity contribution in [2.75, 3.05) is 5.73 Å². The summed E-state index contributed by atoms with van der Waals surface area (Å²) in [6, 6.07) is 13.4. The number of thiophene rings is 1. The maximum atomic E-state index is 13.2. The van der Waals surface area contributed by atoms with Gasteiger partial charge in [0.15, 0.2) is 0 Å². The molecule has 0 aliphatic heterocycles. The van der Waals surface area contributed by atoms with Crippen LogP contribution in [0.4, 0.5) is 10.1 Å². The molecule has 0 unspecified atom stereocenters. The fourth-order valence-electron chi connectivity index (χ4n) is 2.79. The monoisotopic (exact) mass is 382 g/mol. The van der Waals surface area contributed by atoms with Gasteiger partial charge in [0.25, 0.3) is 0 Å². The van der Waals surface area contributed by atoms with E-state index in [1.807, 2.05) is 30.3 Å². The van der Waals surface area contributed by atoms with Crippen LogP contribution >= 0.6 is 22.9 Å². The third-order valence-electron chi connectivity index (χ3n) is 4.11. The molecule has 0 amide bonds. The minimum absolute atomic E-state index is 0.0721. The third-order valence-corrected chi connectivity index (χ3v) is 5.59. The molecule has 0 fully saturated rings. The number of anilines is 1. The summed E-state index contributed by atoms with van der Waals surface area (Å²) in [5.74, 6) is -0.798. The van der Waals surface area contributed by atoms with Crippen LogP contribution < -0.4 is 5.73 Å². The predicted molar refractivity (Wildman–Crippen MR) is 104 cm³/mol. The summed E-state index contributed by atoms with van der Waals surface area (Å²) >= 11 is 7.33. The molecule has 0 aliphatic carbocycles. The Morgan fingerprint density at radius 1 is 1.12 bits per heavy atom. The topological polar surface area (TPSA) is 56.0 Å². The fourth-order valence-corrected chi connectivity index (χ4v) is 4.16. The number of nitrogens with two attached hydrogens (primary N) is 1. The molecule has 0 saturated heterocycles. The standard InChI is InChI=1S/C20H12ClFN2OS/c21-16-9-13(22)4-6-14(16)19(25)20-18(23)15-5-3-11(8-17(15)26-20)12-2-1-7-24-10-12/h1-10H,23H2. The molecule has 2 N–H and O–H groups in total. The van der Waals surface area contributed by atoms with Crippen molar-refractivity contribution in [2.24, 2.45) is 0 Å². The molecule has 128 valence electrons. The Kier molecular flexibility index (Phi) is 4.18. The Balaban J connectivity index is 1.81. The van der Waals surface area contributed by atoms with Crippen molar-refractivity contribution in [1.82, 2.24) is 4.98 Å². The highest BCUT2D eigenvalue weighted by Gasteiger charge is 2.20. The first-order valence-electron chi connectivity index (χ1n) is 7.77. The van der Waals surface area contributed by atoms with Crippen LogP contribution in [-0.4, -0.2) is 10.8 Å². The fraction of sp³-hybridized carbons (Fsp3) is 0. The van der Waals surface area contributed by atoms with Crippen molar-refractivity contribution in [3.8, 4) is 11.1 Å². The lowest BCUT2D eigenvalue weighted by molar-refractivity contribution is 0.104. The third kappa shape index (κ3) is 2.85. The lowest BCUT2D eigenvalue weighted by atomic mass is 10.0. The molecule has 4 aromatic rings. The number of halogens is 2. The summed E-state index contributed by atoms with van der Waals surface area (Å²) in [5.41, 5.74) is 8.82. The highest BCUT2D eigenvalue weighted by molar-refractivity contribution is 7.21. The first kappa shape index (κ1) is 16.7. The van der Waals surface area contributed by atoms with E-state index in [9.17, 15) is 9.18 Å². The molecule has 4 rings (SSSR count). The first-order chi connectivity index (χ1) is 12.5. The minimum atomic E-state index is -0.489. The molecular formula is C20H12ClFN2OS. The lowest BCUT2D eigenvalue weighted by Gasteiger charge is -2.03. The van der Waals surface area contributed by atoms with Gasteiger partial charge in [-0.15, -0.1) is 11.3 Å². The second-order valence-electron chi connectivity index (χ2n) is 5.75. The Morgan fingerprint density at radius 2 is 1.96 bits per heavy atom. The number of carbonyl (C=O) groups excluding carboxylic acids is 1. The Labute approximate surface area is 157 Å². The van der Waals surface area contributed by atoms with E-state index in [0.29, 0.717) is 10.6 Å². The SMILES string of the molecule is Nc1c(C(=O)c2ccc(F)cc2Cl)sc2cc(-c3cccnc3)ccc12. The van der Waals surface area contributed by atoms with Gasteiger partial charge in [-0.05, 0) is 35.9 Å². The van der Waals surface area contributed by atoms with Crippen LogP contribution in [0.3, 0.4) is 0 Å². The van der Waals surface area contributed by atoms with Gasteiger partial charge in [-0.3, -0.25) is 9.78 Å². The van der Waals surface area contributed by atoms with Gasteiger partial charge < -0.3 is 5.73 Å². The van der Waals surface area contributed by atoms with Crippen LogP contribution in [-0.2, 0) is 0 Å². The van der Waals surface area contributed by atoms with Gasteiger partial charge >= 0.3 is 0 Å². The number of nitrogens with zero attached hydrogens (tertiary/aromatic N) is 1. The molecule has 2 aromatic heterocycles. The number of fused-ring (bicyclic) bond motifs is 1. The lowest BCUT2D eigenvalue weighted by Crippen LogP contribution is -2.03. The van der Waals surface area contributed by atoms with Gasteiger partial charge in [0.2, 0.25) is 5.78 Å². The van der Waals surface area contributed by atoms with Gasteiger partial charge in [-0.25, -0.2) is 4.39 Å². The predicted octanol–water partition coefficient (Wildman–Crippen LogP) is 5.57. The summed E-state index contributed by atoms with van der Waals surface area (Å²) < 4.78 is 14.1. The summed E-state index contributed by atoms with van der Waals surface area (Å²) in [4.78, 5) is 17.4. The zero-order chi connectivity index (χ0) is 18.3. The van der Waals surface area contributed by atoms with Gasteiger partial charge in [0.05, 0.1) is 15.6 Å². The zero-order valence-electron chi connectivity index (χ0n) is 13.4. The number of ketones is 1. The van der Waals surface area contributed by atoms with E-state index < -0.39 is 5.82 Å². The van der Waals surface area contributed by atoms with Crippen molar-refractivity contribution < 1.29 is 9.18 Å². The molecule has 2 heterocycles. The van der Waals surface area contributed by atoms with Crippen molar-refractivity contribution in [2.45, 2.75) is 0 Å². The number of benzene rings is 2. The molecule has 26 heavy (non-hydrogen) atoms. The van der Waals surface area contributed by atoms with E-state index in [1.54, 1.807) is 12.4 Å². The Hall–Kier alpha value is -2.76. The highest BCUT2D eigenvalue weighted by Crippen LogP contribution is 2.38. The molecule has 2 aromatic carbocycles. The van der Waals surface area contributed by atoms with Crippen LogP contribution in [0, 0.1) is 5.82 Å². The normalized spacial score (nSPS) is 11.0. The van der Waals surface area contributed by atoms with Crippen LogP contribution in [0.15, 0.2) is 60.9 Å².